The third kappa shape index (κ3) is 1.84. The van der Waals surface area contributed by atoms with Crippen LogP contribution in [0.1, 0.15) is 18.2 Å². The van der Waals surface area contributed by atoms with Crippen molar-refractivity contribution in [2.24, 2.45) is 0 Å². The molecule has 3 rings (SSSR count). The summed E-state index contributed by atoms with van der Waals surface area (Å²) in [4.78, 5) is 4.48. The second kappa shape index (κ2) is 4.69. The molecule has 3 aromatic rings. The molecule has 0 radical (unpaired) electrons. The normalized spacial score (nSPS) is 11.4. The van der Waals surface area contributed by atoms with Crippen molar-refractivity contribution in [3.63, 3.8) is 0 Å². The second-order valence-corrected chi connectivity index (χ2v) is 4.51. The standard InChI is InChI=1S/C18H15N/c1-3-7-16-17(4-2)19-12-14-11-10-13-8-5-6-9-15(13)18(14)16/h3-12H,2H2,1H3/b7-3-. The molecular formula is C18H15N. The molecule has 1 nitrogen and oxygen atoms in total. The van der Waals surface area contributed by atoms with Gasteiger partial charge in [-0.15, -0.1) is 0 Å². The number of aromatic nitrogens is 1. The van der Waals surface area contributed by atoms with E-state index in [1.807, 2.05) is 25.3 Å². The van der Waals surface area contributed by atoms with Crippen LogP contribution in [0.5, 0.6) is 0 Å². The van der Waals surface area contributed by atoms with Gasteiger partial charge in [0.25, 0.3) is 0 Å². The third-order valence-corrected chi connectivity index (χ3v) is 3.38. The largest absolute Gasteiger partial charge is 0.256 e. The first kappa shape index (κ1) is 11.7. The Labute approximate surface area is 112 Å². The van der Waals surface area contributed by atoms with Gasteiger partial charge in [0.15, 0.2) is 0 Å². The minimum atomic E-state index is 0.932. The van der Waals surface area contributed by atoms with E-state index in [0.717, 1.165) is 16.6 Å². The fourth-order valence-corrected chi connectivity index (χ4v) is 2.53. The highest BCUT2D eigenvalue weighted by atomic mass is 14.7. The topological polar surface area (TPSA) is 12.9 Å². The maximum atomic E-state index is 4.48. The van der Waals surface area contributed by atoms with Gasteiger partial charge in [0.2, 0.25) is 0 Å². The Hall–Kier alpha value is -2.41. The lowest BCUT2D eigenvalue weighted by atomic mass is 9.97. The van der Waals surface area contributed by atoms with Crippen molar-refractivity contribution < 1.29 is 0 Å². The van der Waals surface area contributed by atoms with Crippen LogP contribution in [0.25, 0.3) is 33.7 Å². The van der Waals surface area contributed by atoms with Gasteiger partial charge in [0, 0.05) is 22.5 Å². The van der Waals surface area contributed by atoms with E-state index in [1.165, 1.54) is 16.2 Å². The molecule has 2 aromatic carbocycles. The molecular weight excluding hydrogens is 230 g/mol. The monoisotopic (exact) mass is 245 g/mol. The molecule has 0 amide bonds. The summed E-state index contributed by atoms with van der Waals surface area (Å²) in [7, 11) is 0. The van der Waals surface area contributed by atoms with Crippen LogP contribution in [0, 0.1) is 0 Å². The predicted octanol–water partition coefficient (Wildman–Crippen LogP) is 5.06. The van der Waals surface area contributed by atoms with Gasteiger partial charge in [-0.2, -0.15) is 0 Å². The average molecular weight is 245 g/mol. The predicted molar refractivity (Wildman–Crippen MR) is 84.0 cm³/mol. The Kier molecular flexibility index (Phi) is 2.88. The minimum Gasteiger partial charge on any atom is -0.256 e. The van der Waals surface area contributed by atoms with Gasteiger partial charge in [-0.1, -0.05) is 55.1 Å². The van der Waals surface area contributed by atoms with Gasteiger partial charge in [-0.25, -0.2) is 0 Å². The number of rotatable bonds is 2. The van der Waals surface area contributed by atoms with Gasteiger partial charge < -0.3 is 0 Å². The molecule has 1 heteroatoms. The number of fused-ring (bicyclic) bond motifs is 3. The van der Waals surface area contributed by atoms with E-state index in [-0.39, 0.29) is 0 Å². The molecule has 0 spiro atoms. The number of hydrogen-bond acceptors (Lipinski definition) is 1. The molecule has 0 aliphatic heterocycles. The van der Waals surface area contributed by atoms with Crippen LogP contribution >= 0.6 is 0 Å². The zero-order valence-electron chi connectivity index (χ0n) is 10.9. The molecule has 0 aliphatic rings. The molecule has 1 aromatic heterocycles. The summed E-state index contributed by atoms with van der Waals surface area (Å²) in [5.74, 6) is 0. The van der Waals surface area contributed by atoms with Crippen molar-refractivity contribution >= 4 is 33.7 Å². The molecule has 0 N–H and O–H groups in total. The number of benzene rings is 2. The Morgan fingerprint density at radius 3 is 2.63 bits per heavy atom. The molecule has 19 heavy (non-hydrogen) atoms. The van der Waals surface area contributed by atoms with Crippen molar-refractivity contribution in [3.8, 4) is 0 Å². The molecule has 1 heterocycles. The fourth-order valence-electron chi connectivity index (χ4n) is 2.53. The number of pyridine rings is 1. The number of hydrogen-bond donors (Lipinski definition) is 0. The van der Waals surface area contributed by atoms with Crippen LogP contribution in [0.2, 0.25) is 0 Å². The SMILES string of the molecule is C=Cc1ncc2ccc3ccccc3c2c1/C=C\C. The summed E-state index contributed by atoms with van der Waals surface area (Å²) in [6.07, 6.45) is 7.90. The Morgan fingerprint density at radius 1 is 1.05 bits per heavy atom. The van der Waals surface area contributed by atoms with E-state index in [0.29, 0.717) is 0 Å². The first-order valence-electron chi connectivity index (χ1n) is 6.40. The smallest absolute Gasteiger partial charge is 0.0702 e. The summed E-state index contributed by atoms with van der Waals surface area (Å²) in [5.41, 5.74) is 2.08. The summed E-state index contributed by atoms with van der Waals surface area (Å²) >= 11 is 0. The van der Waals surface area contributed by atoms with E-state index >= 15 is 0 Å². The average Bonchev–Trinajstić information content (AvgIpc) is 2.47. The lowest BCUT2D eigenvalue weighted by molar-refractivity contribution is 1.32. The molecule has 92 valence electrons. The van der Waals surface area contributed by atoms with Crippen LogP contribution in [0.15, 0.2) is 55.3 Å². The first-order valence-corrected chi connectivity index (χ1v) is 6.40. The minimum absolute atomic E-state index is 0.932. The van der Waals surface area contributed by atoms with E-state index in [9.17, 15) is 0 Å². The third-order valence-electron chi connectivity index (χ3n) is 3.38. The van der Waals surface area contributed by atoms with Crippen molar-refractivity contribution in [1.29, 1.82) is 0 Å². The van der Waals surface area contributed by atoms with Gasteiger partial charge in [-0.3, -0.25) is 4.98 Å². The lowest BCUT2D eigenvalue weighted by Gasteiger charge is -2.09. The van der Waals surface area contributed by atoms with Gasteiger partial charge >= 0.3 is 0 Å². The van der Waals surface area contributed by atoms with E-state index in [2.05, 4.69) is 54.0 Å². The Morgan fingerprint density at radius 2 is 1.84 bits per heavy atom. The highest BCUT2D eigenvalue weighted by Gasteiger charge is 2.07. The molecule has 0 unspecified atom stereocenters. The Balaban J connectivity index is 2.57. The lowest BCUT2D eigenvalue weighted by Crippen LogP contribution is -1.90. The summed E-state index contributed by atoms with van der Waals surface area (Å²) in [6, 6.07) is 12.7. The van der Waals surface area contributed by atoms with Gasteiger partial charge in [0.1, 0.15) is 0 Å². The maximum Gasteiger partial charge on any atom is 0.0702 e. The second-order valence-electron chi connectivity index (χ2n) is 4.51. The van der Waals surface area contributed by atoms with Crippen LogP contribution < -0.4 is 0 Å². The van der Waals surface area contributed by atoms with Crippen LogP contribution in [0.3, 0.4) is 0 Å². The quantitative estimate of drug-likeness (QED) is 0.575. The zero-order chi connectivity index (χ0) is 13.2. The molecule has 0 aliphatic carbocycles. The van der Waals surface area contributed by atoms with Crippen molar-refractivity contribution in [1.82, 2.24) is 4.98 Å². The summed E-state index contributed by atoms with van der Waals surface area (Å²) in [6.45, 7) is 5.89. The fraction of sp³-hybridized carbons (Fsp3) is 0.0556. The first-order chi connectivity index (χ1) is 9.35. The molecule has 0 atom stereocenters. The van der Waals surface area contributed by atoms with Gasteiger partial charge in [-0.05, 0) is 23.8 Å². The highest BCUT2D eigenvalue weighted by molar-refractivity contribution is 6.11. The molecule has 0 fully saturated rings. The van der Waals surface area contributed by atoms with Crippen molar-refractivity contribution in [2.75, 3.05) is 0 Å². The zero-order valence-corrected chi connectivity index (χ0v) is 10.9. The van der Waals surface area contributed by atoms with E-state index in [1.54, 1.807) is 0 Å². The van der Waals surface area contributed by atoms with Gasteiger partial charge in [0.05, 0.1) is 5.69 Å². The molecule has 0 bridgehead atoms. The number of nitrogens with zero attached hydrogens (tertiary/aromatic N) is 1. The van der Waals surface area contributed by atoms with E-state index < -0.39 is 0 Å². The molecule has 0 saturated carbocycles. The van der Waals surface area contributed by atoms with Crippen LogP contribution in [-0.2, 0) is 0 Å². The Bertz CT molecular complexity index is 797. The summed E-state index contributed by atoms with van der Waals surface area (Å²) < 4.78 is 0. The van der Waals surface area contributed by atoms with E-state index in [4.69, 9.17) is 0 Å². The molecule has 0 saturated heterocycles. The van der Waals surface area contributed by atoms with Crippen LogP contribution in [-0.4, -0.2) is 4.98 Å². The maximum absolute atomic E-state index is 4.48. The summed E-state index contributed by atoms with van der Waals surface area (Å²) in [5, 5.41) is 4.93. The van der Waals surface area contributed by atoms with Crippen LogP contribution in [0.4, 0.5) is 0 Å². The highest BCUT2D eigenvalue weighted by Crippen LogP contribution is 2.30. The number of allylic oxidation sites excluding steroid dienone is 1. The van der Waals surface area contributed by atoms with Crippen molar-refractivity contribution in [2.45, 2.75) is 6.92 Å². The van der Waals surface area contributed by atoms with Crippen molar-refractivity contribution in [3.05, 3.63) is 66.5 Å².